The van der Waals surface area contributed by atoms with Crippen molar-refractivity contribution >= 4 is 35.3 Å². The molecule has 0 saturated heterocycles. The van der Waals surface area contributed by atoms with Crippen molar-refractivity contribution in [1.29, 1.82) is 0 Å². The molecule has 0 radical (unpaired) electrons. The summed E-state index contributed by atoms with van der Waals surface area (Å²) in [4.78, 5) is 12.6. The van der Waals surface area contributed by atoms with Crippen LogP contribution in [0.3, 0.4) is 0 Å². The molecule has 3 rings (SSSR count). The minimum Gasteiger partial charge on any atom is -0.507 e. The van der Waals surface area contributed by atoms with Gasteiger partial charge in [0.25, 0.3) is 0 Å². The third-order valence-corrected chi connectivity index (χ3v) is 7.24. The minimum absolute atomic E-state index is 0.192. The van der Waals surface area contributed by atoms with E-state index >= 15 is 0 Å². The number of halogens is 2. The lowest BCUT2D eigenvalue weighted by atomic mass is 9.78. The van der Waals surface area contributed by atoms with E-state index in [0.717, 1.165) is 22.3 Å². The molecule has 0 aliphatic carbocycles. The second-order valence-corrected chi connectivity index (χ2v) is 12.8. The third-order valence-electron chi connectivity index (χ3n) is 6.53. The number of ether oxygens (including phenoxy) is 2. The maximum atomic E-state index is 12.6. The van der Waals surface area contributed by atoms with Crippen molar-refractivity contribution in [3.05, 3.63) is 86.4 Å². The predicted octanol–water partition coefficient (Wildman–Crippen LogP) is 8.35. The second-order valence-electron chi connectivity index (χ2n) is 12.0. The van der Waals surface area contributed by atoms with Crippen LogP contribution in [-0.4, -0.2) is 23.8 Å². The lowest BCUT2D eigenvalue weighted by Crippen LogP contribution is -2.20. The molecule has 41 heavy (non-hydrogen) atoms. The van der Waals surface area contributed by atoms with Crippen molar-refractivity contribution in [2.45, 2.75) is 78.7 Å². The third kappa shape index (κ3) is 8.88. The highest BCUT2D eigenvalue weighted by Crippen LogP contribution is 2.40. The number of rotatable bonds is 10. The molecular formula is C33H40Cl2N2O4. The number of hydrogen-bond donors (Lipinski definition) is 2. The quantitative estimate of drug-likeness (QED) is 0.181. The Hall–Kier alpha value is -3.22. The summed E-state index contributed by atoms with van der Waals surface area (Å²) in [7, 11) is 0. The van der Waals surface area contributed by atoms with Crippen molar-refractivity contribution in [2.75, 3.05) is 6.61 Å². The molecule has 3 aromatic rings. The average molecular weight is 600 g/mol. The summed E-state index contributed by atoms with van der Waals surface area (Å²) in [6.45, 7) is 15.0. The highest BCUT2D eigenvalue weighted by molar-refractivity contribution is 6.35. The van der Waals surface area contributed by atoms with Crippen molar-refractivity contribution in [3.8, 4) is 17.2 Å². The summed E-state index contributed by atoms with van der Waals surface area (Å²) < 4.78 is 11.7. The van der Waals surface area contributed by atoms with Crippen molar-refractivity contribution in [3.63, 3.8) is 0 Å². The Morgan fingerprint density at radius 2 is 1.54 bits per heavy atom. The van der Waals surface area contributed by atoms with Gasteiger partial charge in [-0.05, 0) is 76.8 Å². The number of hydrogen-bond acceptors (Lipinski definition) is 5. The Bertz CT molecular complexity index is 1350. The van der Waals surface area contributed by atoms with Crippen molar-refractivity contribution in [2.24, 2.45) is 5.10 Å². The normalized spacial score (nSPS) is 12.0. The average Bonchev–Trinajstić information content (AvgIpc) is 2.87. The summed E-state index contributed by atoms with van der Waals surface area (Å²) in [5.41, 5.74) is 6.35. The van der Waals surface area contributed by atoms with Gasteiger partial charge in [-0.3, -0.25) is 4.79 Å². The summed E-state index contributed by atoms with van der Waals surface area (Å²) in [6, 6.07) is 14.7. The zero-order chi connectivity index (χ0) is 30.4. The van der Waals surface area contributed by atoms with Crippen LogP contribution in [0.15, 0.2) is 53.6 Å². The SMILES string of the molecule is CCOc1cc(/C=N\NC(=O)CCc2cc(C(C)(C)C)c(O)c(C(C)(C)C)c2)ccc1OCc1c(Cl)cccc1Cl. The van der Waals surface area contributed by atoms with Gasteiger partial charge >= 0.3 is 0 Å². The molecule has 0 aliphatic heterocycles. The highest BCUT2D eigenvalue weighted by atomic mass is 35.5. The molecular weight excluding hydrogens is 559 g/mol. The standard InChI is InChI=1S/C33H40Cl2N2O4/c1-8-40-29-18-22(12-14-28(29)41-20-23-26(34)10-9-11-27(23)35)19-36-37-30(38)15-13-21-16-24(32(2,3)4)31(39)25(17-21)33(5,6)7/h9-12,14,16-19,39H,8,13,15,20H2,1-7H3,(H,37,38)/b36-19-. The number of carbonyl (C=O) groups is 1. The molecule has 0 aromatic heterocycles. The first-order valence-electron chi connectivity index (χ1n) is 13.7. The fourth-order valence-corrected chi connectivity index (χ4v) is 4.79. The van der Waals surface area contributed by atoms with Gasteiger partial charge in [0.2, 0.25) is 5.91 Å². The molecule has 0 unspecified atom stereocenters. The van der Waals surface area contributed by atoms with E-state index < -0.39 is 0 Å². The van der Waals surface area contributed by atoms with Crippen LogP contribution < -0.4 is 14.9 Å². The molecule has 0 bridgehead atoms. The molecule has 8 heteroatoms. The van der Waals surface area contributed by atoms with Gasteiger partial charge in [-0.15, -0.1) is 0 Å². The van der Waals surface area contributed by atoms with Gasteiger partial charge in [0.1, 0.15) is 12.4 Å². The lowest BCUT2D eigenvalue weighted by Gasteiger charge is -2.28. The van der Waals surface area contributed by atoms with Crippen LogP contribution in [0.2, 0.25) is 10.0 Å². The number of aromatic hydroxyl groups is 1. The van der Waals surface area contributed by atoms with E-state index in [9.17, 15) is 9.90 Å². The van der Waals surface area contributed by atoms with E-state index in [2.05, 4.69) is 52.1 Å². The van der Waals surface area contributed by atoms with Crippen molar-refractivity contribution in [1.82, 2.24) is 5.43 Å². The van der Waals surface area contributed by atoms with E-state index in [1.807, 2.05) is 25.1 Å². The maximum absolute atomic E-state index is 12.6. The van der Waals surface area contributed by atoms with Crippen LogP contribution in [-0.2, 0) is 28.7 Å². The smallest absolute Gasteiger partial charge is 0.240 e. The number of nitrogens with one attached hydrogen (secondary N) is 1. The molecule has 3 aromatic carbocycles. The van der Waals surface area contributed by atoms with E-state index in [1.54, 1.807) is 36.5 Å². The lowest BCUT2D eigenvalue weighted by molar-refractivity contribution is -0.121. The zero-order valence-corrected chi connectivity index (χ0v) is 26.4. The highest BCUT2D eigenvalue weighted by Gasteiger charge is 2.26. The second kappa shape index (κ2) is 13.6. The maximum Gasteiger partial charge on any atom is 0.240 e. The Morgan fingerprint density at radius 1 is 0.927 bits per heavy atom. The first kappa shape index (κ1) is 32.3. The largest absolute Gasteiger partial charge is 0.507 e. The van der Waals surface area contributed by atoms with Crippen LogP contribution in [0.25, 0.3) is 0 Å². The first-order chi connectivity index (χ1) is 19.2. The number of nitrogens with zero attached hydrogens (tertiary/aromatic N) is 1. The van der Waals surface area contributed by atoms with Crippen LogP contribution >= 0.6 is 23.2 Å². The number of hydrazone groups is 1. The fraction of sp³-hybridized carbons (Fsp3) is 0.394. The van der Waals surface area contributed by atoms with Gasteiger partial charge in [0, 0.05) is 22.0 Å². The predicted molar refractivity (Wildman–Crippen MR) is 168 cm³/mol. The number of carbonyl (C=O) groups excluding carboxylic acids is 1. The summed E-state index contributed by atoms with van der Waals surface area (Å²) >= 11 is 12.5. The number of amides is 1. The number of benzene rings is 3. The van der Waals surface area contributed by atoms with Gasteiger partial charge in [-0.1, -0.05) is 82.9 Å². The van der Waals surface area contributed by atoms with Gasteiger partial charge in [-0.2, -0.15) is 5.10 Å². The first-order valence-corrected chi connectivity index (χ1v) is 14.5. The summed E-state index contributed by atoms with van der Waals surface area (Å²) in [5, 5.41) is 16.1. The monoisotopic (exact) mass is 598 g/mol. The summed E-state index contributed by atoms with van der Waals surface area (Å²) in [6.07, 6.45) is 2.35. The van der Waals surface area contributed by atoms with Gasteiger partial charge in [0.15, 0.2) is 11.5 Å². The van der Waals surface area contributed by atoms with E-state index in [0.29, 0.717) is 45.9 Å². The molecule has 0 saturated carbocycles. The molecule has 0 atom stereocenters. The number of aryl methyl sites for hydroxylation is 1. The fourth-order valence-electron chi connectivity index (χ4n) is 4.29. The molecule has 220 valence electrons. The topological polar surface area (TPSA) is 80.2 Å². The minimum atomic E-state index is -0.227. The zero-order valence-electron chi connectivity index (χ0n) is 24.9. The van der Waals surface area contributed by atoms with Gasteiger partial charge in [-0.25, -0.2) is 5.43 Å². The Kier molecular flexibility index (Phi) is 10.7. The van der Waals surface area contributed by atoms with E-state index in [-0.39, 0.29) is 29.8 Å². The van der Waals surface area contributed by atoms with Crippen LogP contribution in [0.5, 0.6) is 17.2 Å². The van der Waals surface area contributed by atoms with Crippen LogP contribution in [0, 0.1) is 0 Å². The van der Waals surface area contributed by atoms with E-state index in [1.165, 1.54) is 0 Å². The molecule has 0 fully saturated rings. The molecule has 0 heterocycles. The molecule has 0 aliphatic rings. The van der Waals surface area contributed by atoms with Crippen LogP contribution in [0.4, 0.5) is 0 Å². The number of phenolic OH excluding ortho intramolecular Hbond substituents is 1. The molecule has 0 spiro atoms. The van der Waals surface area contributed by atoms with Gasteiger partial charge in [0.05, 0.1) is 12.8 Å². The number of phenols is 1. The molecule has 1 amide bonds. The molecule has 6 nitrogen and oxygen atoms in total. The Morgan fingerprint density at radius 3 is 2.10 bits per heavy atom. The Labute approximate surface area is 253 Å². The van der Waals surface area contributed by atoms with Crippen LogP contribution in [0.1, 0.15) is 82.7 Å². The van der Waals surface area contributed by atoms with Crippen molar-refractivity contribution < 1.29 is 19.4 Å². The van der Waals surface area contributed by atoms with Gasteiger partial charge < -0.3 is 14.6 Å². The Balaban J connectivity index is 1.65. The summed E-state index contributed by atoms with van der Waals surface area (Å²) in [5.74, 6) is 1.22. The van der Waals surface area contributed by atoms with E-state index in [4.69, 9.17) is 32.7 Å². The molecule has 2 N–H and O–H groups in total.